The molecule has 0 aliphatic carbocycles. The minimum atomic E-state index is -4.19. The normalized spacial score (nSPS) is 11.8. The Morgan fingerprint density at radius 2 is 1.30 bits per heavy atom. The average molecular weight is 655 g/mol. The molecule has 0 aliphatic rings. The molecule has 1 aromatic heterocycles. The summed E-state index contributed by atoms with van der Waals surface area (Å²) in [5.41, 5.74) is -0.640. The van der Waals surface area contributed by atoms with Crippen molar-refractivity contribution in [1.82, 2.24) is 9.97 Å². The highest BCUT2D eigenvalue weighted by molar-refractivity contribution is 5.72. The Hall–Kier alpha value is -5.06. The lowest BCUT2D eigenvalue weighted by Gasteiger charge is -2.19. The van der Waals surface area contributed by atoms with Gasteiger partial charge in [-0.1, -0.05) is 44.0 Å². The molecular weight excluding hydrogens is 628 g/mol. The molecule has 4 aromatic carbocycles. The van der Waals surface area contributed by atoms with Crippen LogP contribution >= 0.6 is 0 Å². The predicted octanol–water partition coefficient (Wildman–Crippen LogP) is 10.7. The number of halogens is 8. The van der Waals surface area contributed by atoms with E-state index in [9.17, 15) is 35.1 Å². The maximum atomic E-state index is 15.0. The summed E-state index contributed by atoms with van der Waals surface area (Å²) in [6, 6.07) is 10.1. The summed E-state index contributed by atoms with van der Waals surface area (Å²) in [6.07, 6.45) is 6.30. The van der Waals surface area contributed by atoms with Gasteiger partial charge in [0.2, 0.25) is 0 Å². The molecule has 0 atom stereocenters. The second-order valence-corrected chi connectivity index (χ2v) is 10.7. The van der Waals surface area contributed by atoms with Crippen molar-refractivity contribution in [2.24, 2.45) is 0 Å². The first-order chi connectivity index (χ1) is 22.4. The van der Waals surface area contributed by atoms with Crippen molar-refractivity contribution in [3.63, 3.8) is 0 Å². The van der Waals surface area contributed by atoms with E-state index < -0.39 is 52.3 Å². The molecule has 0 unspecified atom stereocenters. The molecule has 0 saturated heterocycles. The van der Waals surface area contributed by atoms with Crippen molar-refractivity contribution >= 4 is 12.2 Å². The SMILES string of the molecule is CCCCCc1cnc(C=Cc2ccc(C(F)(F)Oc3ccc(-c4ccc(-c5cc(F)c(F)c(F)c5)c(F)c4)c(F)c3)c(F)c2)nc1. The van der Waals surface area contributed by atoms with Gasteiger partial charge in [-0.05, 0) is 83.6 Å². The molecule has 0 saturated carbocycles. The monoisotopic (exact) mass is 654 g/mol. The number of aromatic nitrogens is 2. The summed E-state index contributed by atoms with van der Waals surface area (Å²) in [4.78, 5) is 8.49. The van der Waals surface area contributed by atoms with E-state index in [1.807, 2.05) is 0 Å². The van der Waals surface area contributed by atoms with Crippen molar-refractivity contribution in [1.29, 1.82) is 0 Å². The van der Waals surface area contributed by atoms with Crippen LogP contribution in [-0.2, 0) is 12.5 Å². The van der Waals surface area contributed by atoms with Gasteiger partial charge in [0.25, 0.3) is 0 Å². The van der Waals surface area contributed by atoms with Gasteiger partial charge in [-0.3, -0.25) is 0 Å². The zero-order valence-electron chi connectivity index (χ0n) is 24.8. The molecule has 0 aliphatic heterocycles. The van der Waals surface area contributed by atoms with E-state index in [1.165, 1.54) is 24.3 Å². The topological polar surface area (TPSA) is 35.0 Å². The molecule has 0 amide bonds. The third-order valence-electron chi connectivity index (χ3n) is 7.29. The van der Waals surface area contributed by atoms with E-state index in [1.54, 1.807) is 12.4 Å². The van der Waals surface area contributed by atoms with Crippen molar-refractivity contribution in [3.8, 4) is 28.0 Å². The van der Waals surface area contributed by atoms with Gasteiger partial charge >= 0.3 is 6.11 Å². The van der Waals surface area contributed by atoms with Crippen molar-refractivity contribution in [2.45, 2.75) is 38.7 Å². The highest BCUT2D eigenvalue weighted by Crippen LogP contribution is 2.36. The molecule has 5 rings (SSSR count). The number of rotatable bonds is 11. The van der Waals surface area contributed by atoms with Crippen LogP contribution in [0.25, 0.3) is 34.4 Å². The number of hydrogen-bond donors (Lipinski definition) is 0. The summed E-state index contributed by atoms with van der Waals surface area (Å²) in [6.45, 7) is 2.11. The van der Waals surface area contributed by atoms with E-state index in [0.717, 1.165) is 67.6 Å². The van der Waals surface area contributed by atoms with Crippen LogP contribution in [0.15, 0.2) is 79.1 Å². The lowest BCUT2D eigenvalue weighted by molar-refractivity contribution is -0.187. The Kier molecular flexibility index (Phi) is 10.0. The van der Waals surface area contributed by atoms with Gasteiger partial charge in [0.1, 0.15) is 23.2 Å². The maximum absolute atomic E-state index is 15.0. The number of nitrogens with zero attached hydrogens (tertiary/aromatic N) is 2. The van der Waals surface area contributed by atoms with Gasteiger partial charge in [0, 0.05) is 29.6 Å². The number of alkyl halides is 2. The molecule has 242 valence electrons. The lowest BCUT2D eigenvalue weighted by atomic mass is 9.99. The van der Waals surface area contributed by atoms with E-state index >= 15 is 0 Å². The summed E-state index contributed by atoms with van der Waals surface area (Å²) in [5.74, 6) is -8.35. The molecule has 5 aromatic rings. The predicted molar refractivity (Wildman–Crippen MR) is 162 cm³/mol. The van der Waals surface area contributed by atoms with Crippen molar-refractivity contribution in [3.05, 3.63) is 137 Å². The average Bonchev–Trinajstić information content (AvgIpc) is 3.03. The van der Waals surface area contributed by atoms with E-state index in [0.29, 0.717) is 24.0 Å². The third kappa shape index (κ3) is 7.85. The Morgan fingerprint density at radius 3 is 1.94 bits per heavy atom. The molecule has 0 radical (unpaired) electrons. The van der Waals surface area contributed by atoms with E-state index in [4.69, 9.17) is 0 Å². The highest BCUT2D eigenvalue weighted by atomic mass is 19.3. The van der Waals surface area contributed by atoms with Gasteiger partial charge in [0.05, 0.1) is 5.56 Å². The first kappa shape index (κ1) is 33.3. The van der Waals surface area contributed by atoms with Crippen LogP contribution < -0.4 is 4.74 Å². The Bertz CT molecular complexity index is 1900. The fourth-order valence-electron chi connectivity index (χ4n) is 4.83. The molecule has 47 heavy (non-hydrogen) atoms. The van der Waals surface area contributed by atoms with Gasteiger partial charge in [-0.25, -0.2) is 36.3 Å². The van der Waals surface area contributed by atoms with Crippen LogP contribution in [-0.4, -0.2) is 9.97 Å². The van der Waals surface area contributed by atoms with Gasteiger partial charge in [-0.2, -0.15) is 8.78 Å². The smallest absolute Gasteiger partial charge is 0.429 e. The van der Waals surface area contributed by atoms with Crippen LogP contribution in [0.1, 0.15) is 48.7 Å². The van der Waals surface area contributed by atoms with Gasteiger partial charge < -0.3 is 4.74 Å². The van der Waals surface area contributed by atoms with E-state index in [2.05, 4.69) is 21.6 Å². The molecular formula is C36H26F8N2O. The van der Waals surface area contributed by atoms with E-state index in [-0.39, 0.29) is 27.8 Å². The standard InChI is InChI=1S/C36H26F8N2O/c1-2-3-4-5-22-19-45-34(46-20-22)13-7-21-6-12-28(31(39)14-21)36(43,44)47-25-9-11-26(30(38)18-25)23-8-10-27(29(37)15-23)24-16-32(40)35(42)33(41)17-24/h6-20H,2-5H2,1H3. The third-order valence-corrected chi connectivity index (χ3v) is 7.29. The minimum Gasteiger partial charge on any atom is -0.429 e. The largest absolute Gasteiger partial charge is 0.429 e. The molecule has 0 fully saturated rings. The van der Waals surface area contributed by atoms with Crippen LogP contribution in [0.2, 0.25) is 0 Å². The summed E-state index contributed by atoms with van der Waals surface area (Å²) >= 11 is 0. The van der Waals surface area contributed by atoms with Crippen molar-refractivity contribution < 1.29 is 39.9 Å². The fraction of sp³-hybridized carbons (Fsp3) is 0.167. The molecule has 0 spiro atoms. The van der Waals surface area contributed by atoms with Gasteiger partial charge in [-0.15, -0.1) is 0 Å². The summed E-state index contributed by atoms with van der Waals surface area (Å²) in [7, 11) is 0. The minimum absolute atomic E-state index is 0.0341. The first-order valence-corrected chi connectivity index (χ1v) is 14.6. The van der Waals surface area contributed by atoms with Crippen LogP contribution in [0, 0.1) is 34.9 Å². The van der Waals surface area contributed by atoms with Gasteiger partial charge in [0.15, 0.2) is 23.3 Å². The van der Waals surface area contributed by atoms with Crippen molar-refractivity contribution in [2.75, 3.05) is 0 Å². The second kappa shape index (κ2) is 14.1. The highest BCUT2D eigenvalue weighted by Gasteiger charge is 2.38. The molecule has 3 nitrogen and oxygen atoms in total. The quantitative estimate of drug-likeness (QED) is 0.0808. The Balaban J connectivity index is 1.28. The molecule has 0 N–H and O–H groups in total. The fourth-order valence-corrected chi connectivity index (χ4v) is 4.83. The number of benzene rings is 4. The summed E-state index contributed by atoms with van der Waals surface area (Å²) in [5, 5.41) is 0. The first-order valence-electron chi connectivity index (χ1n) is 14.6. The Labute approximate surface area is 265 Å². The zero-order valence-corrected chi connectivity index (χ0v) is 24.8. The summed E-state index contributed by atoms with van der Waals surface area (Å²) < 4.78 is 120. The Morgan fingerprint density at radius 1 is 0.660 bits per heavy atom. The second-order valence-electron chi connectivity index (χ2n) is 10.7. The molecule has 11 heteroatoms. The van der Waals surface area contributed by atoms with Crippen LogP contribution in [0.4, 0.5) is 35.1 Å². The number of hydrogen-bond acceptors (Lipinski definition) is 3. The van der Waals surface area contributed by atoms with Crippen LogP contribution in [0.5, 0.6) is 5.75 Å². The number of unbranched alkanes of at least 4 members (excludes halogenated alkanes) is 2. The number of ether oxygens (including phenoxy) is 1. The number of aryl methyl sites for hydroxylation is 1. The molecule has 1 heterocycles. The molecule has 0 bridgehead atoms. The van der Waals surface area contributed by atoms with Crippen LogP contribution in [0.3, 0.4) is 0 Å². The lowest BCUT2D eigenvalue weighted by Crippen LogP contribution is -2.23. The maximum Gasteiger partial charge on any atom is 0.429 e. The zero-order chi connectivity index (χ0) is 33.7.